The molecule has 7 N–H and O–H groups in total. The van der Waals surface area contributed by atoms with Gasteiger partial charge in [0, 0.05) is 5.41 Å². The lowest BCUT2D eigenvalue weighted by Crippen LogP contribution is -2.67. The van der Waals surface area contributed by atoms with Gasteiger partial charge in [-0.2, -0.15) is 0 Å². The third kappa shape index (κ3) is 5.85. The van der Waals surface area contributed by atoms with Crippen molar-refractivity contribution >= 4 is 5.97 Å². The highest BCUT2D eigenvalue weighted by Gasteiger charge is 2.70. The summed E-state index contributed by atoms with van der Waals surface area (Å²) in [5.74, 6) is -0.164. The SMILES string of the molecule is C[C@@H]1O[C@@H](O[C@@H]2[C@@H](O)[C@H](O[C@H]3CC[C@@]4(C)[C@@H](CC[C@]5(C)[C@@H]4CC=C4[C@@H]6CC(C)(C)CC[C@]6(C(=O)O)CC[C@]45C)[C@]3(C)CO)OC[C@@H]2O)[C@H](O)[C@H](O)[C@H]1O. The predicted molar refractivity (Wildman–Crippen MR) is 192 cm³/mol. The highest BCUT2D eigenvalue weighted by molar-refractivity contribution is 5.76. The van der Waals surface area contributed by atoms with Gasteiger partial charge in [-0.15, -0.1) is 0 Å². The molecule has 4 saturated carbocycles. The van der Waals surface area contributed by atoms with Gasteiger partial charge in [0.2, 0.25) is 0 Å². The molecule has 0 radical (unpaired) electrons. The molecule has 2 saturated heterocycles. The molecule has 0 aromatic heterocycles. The van der Waals surface area contributed by atoms with Gasteiger partial charge in [0.15, 0.2) is 12.6 Å². The van der Waals surface area contributed by atoms with Crippen LogP contribution in [0.3, 0.4) is 0 Å². The molecule has 2 heterocycles. The second-order valence-electron chi connectivity index (χ2n) is 20.0. The minimum absolute atomic E-state index is 0.0406. The minimum Gasteiger partial charge on any atom is -0.481 e. The molecule has 0 aromatic carbocycles. The molecular weight excluding hydrogens is 684 g/mol. The molecule has 7 aliphatic rings. The maximum atomic E-state index is 13.0. The number of fused-ring (bicyclic) bond motifs is 7. The quantitative estimate of drug-likeness (QED) is 0.155. The van der Waals surface area contributed by atoms with Gasteiger partial charge in [-0.25, -0.2) is 0 Å². The Hall–Kier alpha value is -1.19. The van der Waals surface area contributed by atoms with Crippen LogP contribution in [0.1, 0.15) is 113 Å². The summed E-state index contributed by atoms with van der Waals surface area (Å²) in [6.45, 7) is 15.2. The highest BCUT2D eigenvalue weighted by atomic mass is 16.7. The zero-order chi connectivity index (χ0) is 38.7. The van der Waals surface area contributed by atoms with Crippen molar-refractivity contribution in [3.05, 3.63) is 11.6 Å². The van der Waals surface area contributed by atoms with Gasteiger partial charge < -0.3 is 54.7 Å². The smallest absolute Gasteiger partial charge is 0.310 e. The molecule has 12 heteroatoms. The molecule has 0 amide bonds. The summed E-state index contributed by atoms with van der Waals surface area (Å²) in [6, 6.07) is 0. The van der Waals surface area contributed by atoms with E-state index in [0.29, 0.717) is 18.8 Å². The van der Waals surface area contributed by atoms with Crippen LogP contribution in [0, 0.1) is 50.2 Å². The number of allylic oxidation sites excluding steroid dienone is 2. The molecule has 53 heavy (non-hydrogen) atoms. The van der Waals surface area contributed by atoms with E-state index < -0.39 is 78.2 Å². The number of carboxylic acid groups (broad SMARTS) is 1. The molecule has 0 bridgehead atoms. The molecule has 0 spiro atoms. The summed E-state index contributed by atoms with van der Waals surface area (Å²) in [6.07, 6.45) is -1.64. The molecule has 0 aromatic rings. The van der Waals surface area contributed by atoms with Crippen LogP contribution >= 0.6 is 0 Å². The first-order valence-corrected chi connectivity index (χ1v) is 20.2. The number of carboxylic acids is 1. The summed E-state index contributed by atoms with van der Waals surface area (Å²) in [7, 11) is 0. The van der Waals surface area contributed by atoms with E-state index in [0.717, 1.165) is 51.4 Å². The number of aliphatic carboxylic acids is 1. The van der Waals surface area contributed by atoms with Crippen molar-refractivity contribution in [2.75, 3.05) is 13.2 Å². The van der Waals surface area contributed by atoms with E-state index in [4.69, 9.17) is 18.9 Å². The van der Waals surface area contributed by atoms with Crippen molar-refractivity contribution in [2.24, 2.45) is 50.2 Å². The monoisotopic (exact) mass is 750 g/mol. The summed E-state index contributed by atoms with van der Waals surface area (Å²) < 4.78 is 23.9. The second kappa shape index (κ2) is 13.5. The first-order chi connectivity index (χ1) is 24.7. The number of hydrogen-bond donors (Lipinski definition) is 7. The Morgan fingerprint density at radius 1 is 0.830 bits per heavy atom. The van der Waals surface area contributed by atoms with Gasteiger partial charge in [-0.1, -0.05) is 53.2 Å². The molecule has 18 atom stereocenters. The Morgan fingerprint density at radius 3 is 2.21 bits per heavy atom. The van der Waals surface area contributed by atoms with E-state index in [9.17, 15) is 40.5 Å². The van der Waals surface area contributed by atoms with Crippen LogP contribution in [0.5, 0.6) is 0 Å². The molecular formula is C41H66O12. The average Bonchev–Trinajstić information content (AvgIpc) is 3.10. The molecule has 5 aliphatic carbocycles. The third-order valence-corrected chi connectivity index (χ3v) is 17.0. The van der Waals surface area contributed by atoms with Crippen molar-refractivity contribution < 1.29 is 59.5 Å². The van der Waals surface area contributed by atoms with Crippen molar-refractivity contribution in [1.29, 1.82) is 0 Å². The van der Waals surface area contributed by atoms with Gasteiger partial charge >= 0.3 is 5.97 Å². The summed E-state index contributed by atoms with van der Waals surface area (Å²) >= 11 is 0. The fourth-order valence-corrected chi connectivity index (χ4v) is 13.4. The zero-order valence-corrected chi connectivity index (χ0v) is 32.7. The fourth-order valence-electron chi connectivity index (χ4n) is 13.4. The number of rotatable bonds is 6. The van der Waals surface area contributed by atoms with Gasteiger partial charge in [0.25, 0.3) is 0 Å². The average molecular weight is 751 g/mol. The van der Waals surface area contributed by atoms with Crippen LogP contribution in [-0.2, 0) is 23.7 Å². The number of hydrogen-bond acceptors (Lipinski definition) is 11. The Balaban J connectivity index is 1.12. The van der Waals surface area contributed by atoms with E-state index in [2.05, 4.69) is 47.6 Å². The Labute approximate surface area is 314 Å². The Morgan fingerprint density at radius 2 is 1.53 bits per heavy atom. The van der Waals surface area contributed by atoms with Crippen LogP contribution in [-0.4, -0.2) is 116 Å². The first kappa shape index (κ1) is 40.0. The Kier molecular flexibility index (Phi) is 10.2. The normalized spacial score (nSPS) is 55.1. The van der Waals surface area contributed by atoms with Crippen LogP contribution in [0.15, 0.2) is 11.6 Å². The van der Waals surface area contributed by atoms with Crippen LogP contribution in [0.25, 0.3) is 0 Å². The van der Waals surface area contributed by atoms with Gasteiger partial charge in [0.05, 0.1) is 30.8 Å². The maximum Gasteiger partial charge on any atom is 0.310 e. The maximum absolute atomic E-state index is 13.0. The number of carbonyl (C=O) groups is 1. The number of aliphatic hydroxyl groups is 6. The van der Waals surface area contributed by atoms with E-state index >= 15 is 0 Å². The second-order valence-corrected chi connectivity index (χ2v) is 20.0. The van der Waals surface area contributed by atoms with E-state index in [1.807, 2.05) is 0 Å². The molecule has 0 unspecified atom stereocenters. The van der Waals surface area contributed by atoms with Crippen molar-refractivity contribution in [1.82, 2.24) is 0 Å². The van der Waals surface area contributed by atoms with E-state index in [1.165, 1.54) is 12.5 Å². The molecule has 7 rings (SSSR count). The lowest BCUT2D eigenvalue weighted by atomic mass is 9.33. The molecule has 302 valence electrons. The van der Waals surface area contributed by atoms with Gasteiger partial charge in [0.1, 0.15) is 36.6 Å². The Bertz CT molecular complexity index is 1440. The van der Waals surface area contributed by atoms with Crippen LogP contribution in [0.4, 0.5) is 0 Å². The van der Waals surface area contributed by atoms with Crippen molar-refractivity contribution in [2.45, 2.75) is 174 Å². The first-order valence-electron chi connectivity index (χ1n) is 20.2. The molecule has 12 nitrogen and oxygen atoms in total. The fraction of sp³-hybridized carbons (Fsp3) is 0.927. The summed E-state index contributed by atoms with van der Waals surface area (Å²) in [4.78, 5) is 13.0. The third-order valence-electron chi connectivity index (χ3n) is 17.0. The van der Waals surface area contributed by atoms with E-state index in [1.54, 1.807) is 0 Å². The molecule has 2 aliphatic heterocycles. The number of aliphatic hydroxyl groups excluding tert-OH is 6. The lowest BCUT2D eigenvalue weighted by Gasteiger charge is -2.71. The molecule has 6 fully saturated rings. The van der Waals surface area contributed by atoms with Crippen LogP contribution < -0.4 is 0 Å². The largest absolute Gasteiger partial charge is 0.481 e. The van der Waals surface area contributed by atoms with Gasteiger partial charge in [-0.3, -0.25) is 4.79 Å². The van der Waals surface area contributed by atoms with E-state index in [-0.39, 0.29) is 46.7 Å². The summed E-state index contributed by atoms with van der Waals surface area (Å²) in [5.41, 5.74) is -0.182. The van der Waals surface area contributed by atoms with Crippen molar-refractivity contribution in [3.63, 3.8) is 0 Å². The lowest BCUT2D eigenvalue weighted by molar-refractivity contribution is -0.355. The highest BCUT2D eigenvalue weighted by Crippen LogP contribution is 2.76. The van der Waals surface area contributed by atoms with Crippen LogP contribution in [0.2, 0.25) is 0 Å². The topological polar surface area (TPSA) is 196 Å². The van der Waals surface area contributed by atoms with Gasteiger partial charge in [-0.05, 0) is 111 Å². The minimum atomic E-state index is -1.61. The standard InChI is InChI=1S/C41H66O12/c1-21-28(44)29(45)30(46)34(51-21)53-32-24(43)19-50-33(31(32)47)52-27-11-12-37(4)25(38(27,5)20-42)10-13-40(7)26(37)9-8-22-23-18-36(2,3)14-16-41(23,35(48)49)17-15-39(22,40)6/h8,21,23-34,42-47H,9-20H2,1-7H3,(H,48,49)/t21-,23-,24-,25+,26+,27-,28-,29+,30+,31+,32-,33-,34-,37-,38-,39+,40+,41-/m0/s1. The predicted octanol–water partition coefficient (Wildman–Crippen LogP) is 3.52. The zero-order valence-electron chi connectivity index (χ0n) is 32.7. The number of ether oxygens (including phenoxy) is 4. The summed E-state index contributed by atoms with van der Waals surface area (Å²) in [5, 5.41) is 75.1. The van der Waals surface area contributed by atoms with Crippen molar-refractivity contribution in [3.8, 4) is 0 Å².